The molecular weight excluding hydrogens is 243 g/mol. The van der Waals surface area contributed by atoms with Crippen molar-refractivity contribution in [3.8, 4) is 0 Å². The second kappa shape index (κ2) is 6.91. The molecule has 0 aliphatic carbocycles. The highest BCUT2D eigenvalue weighted by Crippen LogP contribution is 2.17. The second-order valence-electron chi connectivity index (χ2n) is 3.90. The predicted molar refractivity (Wildman–Crippen MR) is 67.3 cm³/mol. The minimum Gasteiger partial charge on any atom is -0.380 e. The topological polar surface area (TPSA) is 47.3 Å². The summed E-state index contributed by atoms with van der Waals surface area (Å²) in [6.45, 7) is 2.00. The third-order valence-corrected chi connectivity index (χ3v) is 3.06. The fourth-order valence-electron chi connectivity index (χ4n) is 1.84. The van der Waals surface area contributed by atoms with Crippen molar-refractivity contribution in [3.63, 3.8) is 0 Å². The first-order valence-electron chi connectivity index (χ1n) is 5.55. The van der Waals surface area contributed by atoms with Crippen LogP contribution < -0.4 is 11.3 Å². The van der Waals surface area contributed by atoms with Gasteiger partial charge in [-0.15, -0.1) is 0 Å². The average molecular weight is 261 g/mol. The zero-order valence-electron chi connectivity index (χ0n) is 10.0. The molecule has 1 aromatic carbocycles. The van der Waals surface area contributed by atoms with Gasteiger partial charge in [0.1, 0.15) is 5.82 Å². The SMILES string of the molecule is CCC(OC)C(Cc1ccc(Cl)cc1F)NN. The van der Waals surface area contributed by atoms with Crippen LogP contribution >= 0.6 is 11.6 Å². The molecular formula is C12H18ClFN2O. The Balaban J connectivity index is 2.80. The summed E-state index contributed by atoms with van der Waals surface area (Å²) in [7, 11) is 1.62. The molecule has 0 fully saturated rings. The van der Waals surface area contributed by atoms with E-state index in [2.05, 4.69) is 5.43 Å². The maximum absolute atomic E-state index is 13.6. The number of nitrogens with two attached hydrogens (primary N) is 1. The van der Waals surface area contributed by atoms with E-state index in [9.17, 15) is 4.39 Å². The fourth-order valence-corrected chi connectivity index (χ4v) is 2.00. The van der Waals surface area contributed by atoms with Gasteiger partial charge in [0.25, 0.3) is 0 Å². The Kier molecular flexibility index (Phi) is 5.85. The average Bonchev–Trinajstić information content (AvgIpc) is 2.32. The van der Waals surface area contributed by atoms with Crippen LogP contribution in [0.3, 0.4) is 0 Å². The normalized spacial score (nSPS) is 14.6. The molecule has 1 rings (SSSR count). The Morgan fingerprint density at radius 1 is 1.53 bits per heavy atom. The molecule has 2 unspecified atom stereocenters. The molecule has 2 atom stereocenters. The van der Waals surface area contributed by atoms with Gasteiger partial charge in [-0.3, -0.25) is 11.3 Å². The number of hydrogen-bond acceptors (Lipinski definition) is 3. The third kappa shape index (κ3) is 3.92. The van der Waals surface area contributed by atoms with Crippen LogP contribution in [-0.4, -0.2) is 19.3 Å². The number of nitrogens with one attached hydrogen (secondary N) is 1. The van der Waals surface area contributed by atoms with Crippen molar-refractivity contribution in [2.45, 2.75) is 31.9 Å². The van der Waals surface area contributed by atoms with E-state index in [-0.39, 0.29) is 18.0 Å². The van der Waals surface area contributed by atoms with Gasteiger partial charge in [0.05, 0.1) is 12.1 Å². The number of ether oxygens (including phenoxy) is 1. The highest BCUT2D eigenvalue weighted by atomic mass is 35.5. The summed E-state index contributed by atoms with van der Waals surface area (Å²) >= 11 is 5.70. The lowest BCUT2D eigenvalue weighted by atomic mass is 10.00. The van der Waals surface area contributed by atoms with Gasteiger partial charge in [-0.25, -0.2) is 4.39 Å². The van der Waals surface area contributed by atoms with E-state index in [4.69, 9.17) is 22.2 Å². The van der Waals surface area contributed by atoms with Gasteiger partial charge >= 0.3 is 0 Å². The lowest BCUT2D eigenvalue weighted by Crippen LogP contribution is -2.46. The van der Waals surface area contributed by atoms with Crippen LogP contribution in [0.2, 0.25) is 5.02 Å². The Morgan fingerprint density at radius 3 is 2.71 bits per heavy atom. The molecule has 0 spiro atoms. The first kappa shape index (κ1) is 14.4. The first-order valence-corrected chi connectivity index (χ1v) is 5.93. The highest BCUT2D eigenvalue weighted by molar-refractivity contribution is 6.30. The van der Waals surface area contributed by atoms with E-state index in [1.807, 2.05) is 6.92 Å². The van der Waals surface area contributed by atoms with Gasteiger partial charge in [0, 0.05) is 12.1 Å². The number of halogens is 2. The molecule has 5 heteroatoms. The molecule has 3 nitrogen and oxygen atoms in total. The number of hydrogen-bond donors (Lipinski definition) is 2. The molecule has 96 valence electrons. The fraction of sp³-hybridized carbons (Fsp3) is 0.500. The van der Waals surface area contributed by atoms with Crippen molar-refractivity contribution < 1.29 is 9.13 Å². The van der Waals surface area contributed by atoms with Gasteiger partial charge in [0.2, 0.25) is 0 Å². The minimum atomic E-state index is -0.316. The Labute approximate surface area is 106 Å². The first-order chi connectivity index (χ1) is 8.12. The van der Waals surface area contributed by atoms with Crippen LogP contribution in [-0.2, 0) is 11.2 Å². The largest absolute Gasteiger partial charge is 0.380 e. The molecule has 17 heavy (non-hydrogen) atoms. The molecule has 1 aromatic rings. The van der Waals surface area contributed by atoms with E-state index in [0.717, 1.165) is 6.42 Å². The van der Waals surface area contributed by atoms with Crippen molar-refractivity contribution in [2.75, 3.05) is 7.11 Å². The summed E-state index contributed by atoms with van der Waals surface area (Å²) in [5, 5.41) is 0.391. The molecule has 0 bridgehead atoms. The second-order valence-corrected chi connectivity index (χ2v) is 4.33. The van der Waals surface area contributed by atoms with Gasteiger partial charge in [-0.1, -0.05) is 24.6 Å². The lowest BCUT2D eigenvalue weighted by Gasteiger charge is -2.24. The van der Waals surface area contributed by atoms with E-state index in [1.165, 1.54) is 6.07 Å². The van der Waals surface area contributed by atoms with Crippen LogP contribution in [0.25, 0.3) is 0 Å². The summed E-state index contributed by atoms with van der Waals surface area (Å²) in [5.41, 5.74) is 3.25. The van der Waals surface area contributed by atoms with Gasteiger partial charge < -0.3 is 4.74 Å². The standard InChI is InChI=1S/C12H18ClFN2O/c1-3-12(17-2)11(16-15)6-8-4-5-9(13)7-10(8)14/h4-5,7,11-12,16H,3,6,15H2,1-2H3. The van der Waals surface area contributed by atoms with E-state index in [0.29, 0.717) is 17.0 Å². The molecule has 0 saturated heterocycles. The van der Waals surface area contributed by atoms with Gasteiger partial charge in [-0.05, 0) is 30.5 Å². The number of hydrazine groups is 1. The molecule has 0 heterocycles. The maximum atomic E-state index is 13.6. The van der Waals surface area contributed by atoms with E-state index < -0.39 is 0 Å². The predicted octanol–water partition coefficient (Wildman–Crippen LogP) is 2.28. The van der Waals surface area contributed by atoms with E-state index in [1.54, 1.807) is 19.2 Å². The third-order valence-electron chi connectivity index (χ3n) is 2.82. The number of benzene rings is 1. The lowest BCUT2D eigenvalue weighted by molar-refractivity contribution is 0.0651. The molecule has 3 N–H and O–H groups in total. The highest BCUT2D eigenvalue weighted by Gasteiger charge is 2.20. The van der Waals surface area contributed by atoms with Crippen LogP contribution in [0.4, 0.5) is 4.39 Å². The summed E-state index contributed by atoms with van der Waals surface area (Å²) in [6.07, 6.45) is 1.22. The van der Waals surface area contributed by atoms with Crippen molar-refractivity contribution in [1.29, 1.82) is 0 Å². The van der Waals surface area contributed by atoms with Gasteiger partial charge in [0.15, 0.2) is 0 Å². The zero-order valence-corrected chi connectivity index (χ0v) is 10.8. The Hall–Kier alpha value is -0.680. The molecule has 0 saturated carbocycles. The molecule has 0 aromatic heterocycles. The Morgan fingerprint density at radius 2 is 2.24 bits per heavy atom. The summed E-state index contributed by atoms with van der Waals surface area (Å²) in [5.74, 6) is 5.16. The van der Waals surface area contributed by atoms with Crippen molar-refractivity contribution in [3.05, 3.63) is 34.6 Å². The smallest absolute Gasteiger partial charge is 0.127 e. The van der Waals surface area contributed by atoms with Crippen LogP contribution in [0.5, 0.6) is 0 Å². The monoisotopic (exact) mass is 260 g/mol. The maximum Gasteiger partial charge on any atom is 0.127 e. The van der Waals surface area contributed by atoms with Crippen molar-refractivity contribution in [2.24, 2.45) is 5.84 Å². The molecule has 0 amide bonds. The molecule has 0 aliphatic rings. The number of rotatable bonds is 6. The quantitative estimate of drug-likeness (QED) is 0.609. The van der Waals surface area contributed by atoms with Crippen LogP contribution in [0, 0.1) is 5.82 Å². The van der Waals surface area contributed by atoms with Crippen molar-refractivity contribution >= 4 is 11.6 Å². The van der Waals surface area contributed by atoms with Crippen molar-refractivity contribution in [1.82, 2.24) is 5.43 Å². The summed E-state index contributed by atoms with van der Waals surface area (Å²) in [4.78, 5) is 0. The van der Waals surface area contributed by atoms with E-state index >= 15 is 0 Å². The summed E-state index contributed by atoms with van der Waals surface area (Å²) < 4.78 is 18.9. The zero-order chi connectivity index (χ0) is 12.8. The molecule has 0 radical (unpaired) electrons. The minimum absolute atomic E-state index is 0.0462. The van der Waals surface area contributed by atoms with Gasteiger partial charge in [-0.2, -0.15) is 0 Å². The molecule has 0 aliphatic heterocycles. The van der Waals surface area contributed by atoms with Crippen LogP contribution in [0.15, 0.2) is 18.2 Å². The van der Waals surface area contributed by atoms with Crippen LogP contribution in [0.1, 0.15) is 18.9 Å². The summed E-state index contributed by atoms with van der Waals surface area (Å²) in [6, 6.07) is 4.52. The number of methoxy groups -OCH3 is 1. The Bertz CT molecular complexity index is 358.